The van der Waals surface area contributed by atoms with Crippen molar-refractivity contribution < 1.29 is 63.1 Å². The molecular formula is C46H83O13P. The third kappa shape index (κ3) is 28.6. The second-order valence-corrected chi connectivity index (χ2v) is 17.6. The molecule has 0 aromatic rings. The molecule has 13 nitrogen and oxygen atoms in total. The maximum absolute atomic E-state index is 12.8. The highest BCUT2D eigenvalue weighted by Crippen LogP contribution is 2.47. The van der Waals surface area contributed by atoms with Gasteiger partial charge in [0.2, 0.25) is 0 Å². The number of esters is 2. The van der Waals surface area contributed by atoms with E-state index in [1.54, 1.807) is 0 Å². The van der Waals surface area contributed by atoms with Crippen molar-refractivity contribution in [2.24, 2.45) is 0 Å². The third-order valence-corrected chi connectivity index (χ3v) is 11.7. The highest BCUT2D eigenvalue weighted by atomic mass is 31.2. The first-order valence-corrected chi connectivity index (χ1v) is 24.8. The van der Waals surface area contributed by atoms with Gasteiger partial charge in [-0.2, -0.15) is 0 Å². The number of phosphoric acid groups is 1. The van der Waals surface area contributed by atoms with E-state index >= 15 is 0 Å². The van der Waals surface area contributed by atoms with Crippen LogP contribution in [0.5, 0.6) is 0 Å². The Labute approximate surface area is 361 Å². The zero-order chi connectivity index (χ0) is 44.3. The van der Waals surface area contributed by atoms with E-state index in [0.29, 0.717) is 12.8 Å². The fourth-order valence-electron chi connectivity index (χ4n) is 7.01. The molecule has 6 atom stereocenters. The molecule has 6 N–H and O–H groups in total. The molecule has 1 aliphatic rings. The first-order chi connectivity index (χ1) is 28.9. The van der Waals surface area contributed by atoms with Crippen LogP contribution in [0, 0.1) is 0 Å². The van der Waals surface area contributed by atoms with Crippen LogP contribution >= 0.6 is 7.82 Å². The zero-order valence-corrected chi connectivity index (χ0v) is 37.9. The third-order valence-electron chi connectivity index (χ3n) is 10.7. The Kier molecular flexibility index (Phi) is 34.2. The van der Waals surface area contributed by atoms with Crippen molar-refractivity contribution >= 4 is 19.8 Å². The van der Waals surface area contributed by atoms with Crippen LogP contribution < -0.4 is 0 Å². The van der Waals surface area contributed by atoms with Gasteiger partial charge in [-0.25, -0.2) is 4.57 Å². The van der Waals surface area contributed by atoms with Gasteiger partial charge in [-0.15, -0.1) is 0 Å². The van der Waals surface area contributed by atoms with Crippen molar-refractivity contribution in [3.05, 3.63) is 36.5 Å². The Morgan fingerprint density at radius 2 is 0.950 bits per heavy atom. The summed E-state index contributed by atoms with van der Waals surface area (Å²) in [6.07, 6.45) is 27.7. The molecule has 0 aromatic heterocycles. The summed E-state index contributed by atoms with van der Waals surface area (Å²) in [6, 6.07) is 0. The van der Waals surface area contributed by atoms with E-state index in [9.17, 15) is 44.6 Å². The van der Waals surface area contributed by atoms with Crippen LogP contribution in [-0.4, -0.2) is 98.3 Å². The molecule has 0 bridgehead atoms. The van der Waals surface area contributed by atoms with Crippen molar-refractivity contribution in [2.45, 2.75) is 230 Å². The molecule has 0 aliphatic heterocycles. The quantitative estimate of drug-likeness (QED) is 0.0148. The maximum Gasteiger partial charge on any atom is 0.472 e. The summed E-state index contributed by atoms with van der Waals surface area (Å²) in [6.45, 7) is 3.19. The molecule has 0 spiro atoms. The minimum atomic E-state index is -5.12. The normalized spacial score (nSPS) is 22.5. The van der Waals surface area contributed by atoms with Crippen LogP contribution in [0.25, 0.3) is 0 Å². The fourth-order valence-corrected chi connectivity index (χ4v) is 7.98. The topological polar surface area (TPSA) is 210 Å². The SMILES string of the molecule is CC/C=C\C/C=C\C/C=C\CCCCCCCCCC(=O)OC(COC(=O)CCCCCCCCCCCCCCCC)COP(=O)(O)OC1C(O)C(O)C(O)C(O)C1O. The standard InChI is InChI=1S/C46H83O13P/c1-3-5-7-9-11-13-15-17-19-20-21-23-25-27-29-31-33-35-40(48)58-38(37-57-60(54,55)59-46-44(52)42(50)41(49)43(51)45(46)53)36-56-39(47)34-32-30-28-26-24-22-18-16-14-12-10-8-6-4-2/h5,7,11,13,17,19,38,41-46,49-53H,3-4,6,8-10,12,14-16,18,20-37H2,1-2H3,(H,54,55)/b7-5-,13-11-,19-17-. The second-order valence-electron chi connectivity index (χ2n) is 16.2. The Balaban J connectivity index is 2.46. The van der Waals surface area contributed by atoms with Gasteiger partial charge in [0.1, 0.15) is 43.2 Å². The molecule has 1 aliphatic carbocycles. The Morgan fingerprint density at radius 3 is 1.45 bits per heavy atom. The highest BCUT2D eigenvalue weighted by molar-refractivity contribution is 7.47. The molecule has 0 saturated heterocycles. The number of rotatable bonds is 38. The largest absolute Gasteiger partial charge is 0.472 e. The average Bonchev–Trinajstić information content (AvgIpc) is 3.23. The number of aliphatic hydroxyl groups is 5. The van der Waals surface area contributed by atoms with Crippen LogP contribution in [0.1, 0.15) is 187 Å². The lowest BCUT2D eigenvalue weighted by molar-refractivity contribution is -0.220. The first-order valence-electron chi connectivity index (χ1n) is 23.3. The summed E-state index contributed by atoms with van der Waals surface area (Å²) >= 11 is 0. The van der Waals surface area contributed by atoms with E-state index in [1.807, 2.05) is 0 Å². The molecule has 14 heteroatoms. The molecule has 0 heterocycles. The number of phosphoric ester groups is 1. The minimum Gasteiger partial charge on any atom is -0.462 e. The van der Waals surface area contributed by atoms with Gasteiger partial charge in [-0.1, -0.05) is 166 Å². The second kappa shape index (κ2) is 36.5. The number of unbranched alkanes of at least 4 members (excludes halogenated alkanes) is 20. The molecule has 0 radical (unpaired) electrons. The number of hydrogen-bond acceptors (Lipinski definition) is 12. The number of aliphatic hydroxyl groups excluding tert-OH is 5. The minimum absolute atomic E-state index is 0.0868. The molecule has 0 aromatic carbocycles. The lowest BCUT2D eigenvalue weighted by Crippen LogP contribution is -2.64. The van der Waals surface area contributed by atoms with Crippen LogP contribution in [0.2, 0.25) is 0 Å². The predicted molar refractivity (Wildman–Crippen MR) is 235 cm³/mol. The fraction of sp³-hybridized carbons (Fsp3) is 0.826. The Hall–Kier alpha value is -1.93. The lowest BCUT2D eigenvalue weighted by atomic mass is 9.85. The van der Waals surface area contributed by atoms with Gasteiger partial charge in [0.15, 0.2) is 6.10 Å². The van der Waals surface area contributed by atoms with E-state index < -0.39 is 75.7 Å². The molecular weight excluding hydrogens is 791 g/mol. The van der Waals surface area contributed by atoms with Gasteiger partial charge >= 0.3 is 19.8 Å². The van der Waals surface area contributed by atoms with Crippen molar-refractivity contribution in [3.63, 3.8) is 0 Å². The first kappa shape index (κ1) is 56.1. The summed E-state index contributed by atoms with van der Waals surface area (Å²) in [5, 5.41) is 50.1. The average molecular weight is 875 g/mol. The van der Waals surface area contributed by atoms with Crippen molar-refractivity contribution in [3.8, 4) is 0 Å². The smallest absolute Gasteiger partial charge is 0.462 e. The Bertz CT molecular complexity index is 1190. The van der Waals surface area contributed by atoms with Crippen LogP contribution in [0.4, 0.5) is 0 Å². The van der Waals surface area contributed by atoms with E-state index in [4.69, 9.17) is 18.5 Å². The van der Waals surface area contributed by atoms with Crippen LogP contribution in [0.3, 0.4) is 0 Å². The molecule has 0 amide bonds. The number of allylic oxidation sites excluding steroid dienone is 6. The lowest BCUT2D eigenvalue weighted by Gasteiger charge is -2.41. The van der Waals surface area contributed by atoms with Crippen molar-refractivity contribution in [1.82, 2.24) is 0 Å². The summed E-state index contributed by atoms with van der Waals surface area (Å²) in [4.78, 5) is 35.7. The predicted octanol–water partition coefficient (Wildman–Crippen LogP) is 9.00. The van der Waals surface area contributed by atoms with Gasteiger partial charge in [0, 0.05) is 12.8 Å². The Morgan fingerprint density at radius 1 is 0.533 bits per heavy atom. The summed E-state index contributed by atoms with van der Waals surface area (Å²) in [7, 11) is -5.12. The summed E-state index contributed by atoms with van der Waals surface area (Å²) in [5.41, 5.74) is 0. The van der Waals surface area contributed by atoms with Crippen LogP contribution in [0.15, 0.2) is 36.5 Å². The highest BCUT2D eigenvalue weighted by Gasteiger charge is 2.51. The number of carbonyl (C=O) groups is 2. The number of ether oxygens (including phenoxy) is 2. The van der Waals surface area contributed by atoms with Crippen molar-refractivity contribution in [2.75, 3.05) is 13.2 Å². The molecule has 6 unspecified atom stereocenters. The molecule has 350 valence electrons. The van der Waals surface area contributed by atoms with E-state index in [1.165, 1.54) is 64.2 Å². The van der Waals surface area contributed by atoms with Gasteiger partial charge < -0.3 is 39.9 Å². The van der Waals surface area contributed by atoms with Crippen molar-refractivity contribution in [1.29, 1.82) is 0 Å². The molecule has 60 heavy (non-hydrogen) atoms. The van der Waals surface area contributed by atoms with Gasteiger partial charge in [-0.3, -0.25) is 18.6 Å². The van der Waals surface area contributed by atoms with Gasteiger partial charge in [-0.05, 0) is 44.9 Å². The molecule has 1 rings (SSSR count). The maximum atomic E-state index is 12.8. The molecule has 1 saturated carbocycles. The van der Waals surface area contributed by atoms with Gasteiger partial charge in [0.25, 0.3) is 0 Å². The number of carbonyl (C=O) groups excluding carboxylic acids is 2. The van der Waals surface area contributed by atoms with E-state index in [0.717, 1.165) is 83.5 Å². The van der Waals surface area contributed by atoms with Crippen LogP contribution in [-0.2, 0) is 32.7 Å². The zero-order valence-electron chi connectivity index (χ0n) is 37.0. The molecule has 1 fully saturated rings. The number of hydrogen-bond donors (Lipinski definition) is 6. The van der Waals surface area contributed by atoms with Gasteiger partial charge in [0.05, 0.1) is 6.61 Å². The van der Waals surface area contributed by atoms with E-state index in [2.05, 4.69) is 50.3 Å². The monoisotopic (exact) mass is 875 g/mol. The summed E-state index contributed by atoms with van der Waals surface area (Å²) < 4.78 is 33.5. The van der Waals surface area contributed by atoms with E-state index in [-0.39, 0.29) is 12.8 Å². The summed E-state index contributed by atoms with van der Waals surface area (Å²) in [5.74, 6) is -1.11.